The molecule has 110 valence electrons. The van der Waals surface area contributed by atoms with E-state index < -0.39 is 21.5 Å². The summed E-state index contributed by atoms with van der Waals surface area (Å²) in [4.78, 5) is 15.6. The number of nitrogens with one attached hydrogen (secondary N) is 1. The lowest BCUT2D eigenvalue weighted by Crippen LogP contribution is -2.24. The molecular weight excluding hydrogens is 312 g/mol. The number of pyridine rings is 1. The van der Waals surface area contributed by atoms with Gasteiger partial charge in [-0.3, -0.25) is 4.79 Å². The molecule has 0 aliphatic rings. The predicted octanol–water partition coefficient (Wildman–Crippen LogP) is 2.29. The second kappa shape index (κ2) is 6.69. The van der Waals surface area contributed by atoms with E-state index >= 15 is 0 Å². The number of nitrogens with zero attached hydrogens (tertiary/aromatic N) is 1. The minimum Gasteiger partial charge on any atom is -0.310 e. The summed E-state index contributed by atoms with van der Waals surface area (Å²) < 4.78 is 23.9. The molecule has 0 aliphatic carbocycles. The first kappa shape index (κ1) is 15.5. The average Bonchev–Trinajstić information content (AvgIpc) is 2.41. The summed E-state index contributed by atoms with van der Waals surface area (Å²) in [5.41, 5.74) is 0.588. The van der Waals surface area contributed by atoms with E-state index in [-0.39, 0.29) is 5.75 Å². The third kappa shape index (κ3) is 5.17. The number of halogens is 1. The first-order valence-corrected chi connectivity index (χ1v) is 8.30. The van der Waals surface area contributed by atoms with Crippen molar-refractivity contribution in [3.8, 4) is 0 Å². The minimum atomic E-state index is -3.55. The number of sulfone groups is 1. The van der Waals surface area contributed by atoms with Gasteiger partial charge in [0.2, 0.25) is 5.91 Å². The number of hydrogen-bond donors (Lipinski definition) is 1. The molecule has 0 aliphatic heterocycles. The number of rotatable bonds is 5. The van der Waals surface area contributed by atoms with E-state index in [0.29, 0.717) is 16.4 Å². The van der Waals surface area contributed by atoms with E-state index in [4.69, 9.17) is 11.6 Å². The topological polar surface area (TPSA) is 76.1 Å². The van der Waals surface area contributed by atoms with Crippen molar-refractivity contribution >= 4 is 33.2 Å². The SMILES string of the molecule is O=C(CS(=O)(=O)Cc1ccc(Cl)cc1)Nc1ccccn1. The molecule has 1 N–H and O–H groups in total. The number of amides is 1. The van der Waals surface area contributed by atoms with Crippen LogP contribution in [0.2, 0.25) is 5.02 Å². The number of hydrogen-bond acceptors (Lipinski definition) is 4. The lowest BCUT2D eigenvalue weighted by atomic mass is 10.2. The van der Waals surface area contributed by atoms with E-state index in [1.54, 1.807) is 42.5 Å². The van der Waals surface area contributed by atoms with Gasteiger partial charge in [0, 0.05) is 11.2 Å². The molecule has 0 saturated carbocycles. The maximum absolute atomic E-state index is 12.0. The molecule has 2 aromatic rings. The van der Waals surface area contributed by atoms with Gasteiger partial charge >= 0.3 is 0 Å². The third-order valence-electron chi connectivity index (χ3n) is 2.58. The second-order valence-corrected chi connectivity index (χ2v) is 6.92. The fourth-order valence-corrected chi connectivity index (χ4v) is 3.10. The van der Waals surface area contributed by atoms with Crippen LogP contribution in [0.1, 0.15) is 5.56 Å². The Labute approximate surface area is 127 Å². The Kier molecular flexibility index (Phi) is 4.93. The predicted molar refractivity (Wildman–Crippen MR) is 81.8 cm³/mol. The molecule has 5 nitrogen and oxygen atoms in total. The van der Waals surface area contributed by atoms with Crippen molar-refractivity contribution < 1.29 is 13.2 Å². The maximum atomic E-state index is 12.0. The normalized spacial score (nSPS) is 11.1. The van der Waals surface area contributed by atoms with Gasteiger partial charge in [-0.2, -0.15) is 0 Å². The van der Waals surface area contributed by atoms with Gasteiger partial charge in [0.05, 0.1) is 5.75 Å². The number of benzene rings is 1. The Bertz CT molecular complexity index is 716. The molecule has 7 heteroatoms. The fraction of sp³-hybridized carbons (Fsp3) is 0.143. The van der Waals surface area contributed by atoms with Crippen LogP contribution in [-0.4, -0.2) is 25.1 Å². The standard InChI is InChI=1S/C14H13ClN2O3S/c15-12-6-4-11(5-7-12)9-21(19,20)10-14(18)17-13-3-1-2-8-16-13/h1-8H,9-10H2,(H,16,17,18). The van der Waals surface area contributed by atoms with Gasteiger partial charge in [0.25, 0.3) is 0 Å². The van der Waals surface area contributed by atoms with Crippen LogP contribution in [0, 0.1) is 0 Å². The summed E-state index contributed by atoms with van der Waals surface area (Å²) in [6.07, 6.45) is 1.51. The maximum Gasteiger partial charge on any atom is 0.240 e. The first-order valence-electron chi connectivity index (χ1n) is 6.10. The number of aromatic nitrogens is 1. The Balaban J connectivity index is 1.97. The number of carbonyl (C=O) groups is 1. The van der Waals surface area contributed by atoms with Crippen molar-refractivity contribution in [3.63, 3.8) is 0 Å². The second-order valence-electron chi connectivity index (χ2n) is 4.42. The molecule has 21 heavy (non-hydrogen) atoms. The minimum absolute atomic E-state index is 0.209. The zero-order chi connectivity index (χ0) is 15.3. The van der Waals surface area contributed by atoms with E-state index in [2.05, 4.69) is 10.3 Å². The summed E-state index contributed by atoms with van der Waals surface area (Å²) in [5.74, 6) is -1.08. The van der Waals surface area contributed by atoms with Crippen molar-refractivity contribution in [2.24, 2.45) is 0 Å². The van der Waals surface area contributed by atoms with Crippen LogP contribution < -0.4 is 5.32 Å². The van der Waals surface area contributed by atoms with Crippen LogP contribution in [-0.2, 0) is 20.4 Å². The molecule has 0 fully saturated rings. The van der Waals surface area contributed by atoms with E-state index in [9.17, 15) is 13.2 Å². The first-order chi connectivity index (χ1) is 9.94. The highest BCUT2D eigenvalue weighted by Crippen LogP contribution is 2.12. The molecular formula is C14H13ClN2O3S. The van der Waals surface area contributed by atoms with Gasteiger partial charge in [0.15, 0.2) is 9.84 Å². The van der Waals surface area contributed by atoms with E-state index in [0.717, 1.165) is 0 Å². The molecule has 0 bridgehead atoms. The smallest absolute Gasteiger partial charge is 0.240 e. The zero-order valence-electron chi connectivity index (χ0n) is 11.0. The van der Waals surface area contributed by atoms with Gasteiger partial charge in [-0.1, -0.05) is 29.8 Å². The van der Waals surface area contributed by atoms with E-state index in [1.165, 1.54) is 6.20 Å². The van der Waals surface area contributed by atoms with Gasteiger partial charge in [-0.15, -0.1) is 0 Å². The summed E-state index contributed by atoms with van der Waals surface area (Å²) in [7, 11) is -3.55. The van der Waals surface area contributed by atoms with Crippen molar-refractivity contribution in [1.29, 1.82) is 0 Å². The van der Waals surface area contributed by atoms with Gasteiger partial charge in [0.1, 0.15) is 11.6 Å². The van der Waals surface area contributed by atoms with E-state index in [1.807, 2.05) is 0 Å². The van der Waals surface area contributed by atoms with Crippen molar-refractivity contribution in [3.05, 3.63) is 59.2 Å². The molecule has 2 rings (SSSR count). The molecule has 0 unspecified atom stereocenters. The Morgan fingerprint density at radius 1 is 1.14 bits per heavy atom. The summed E-state index contributed by atoms with van der Waals surface area (Å²) in [6.45, 7) is 0. The number of anilines is 1. The van der Waals surface area contributed by atoms with Crippen LogP contribution in [0.3, 0.4) is 0 Å². The molecule has 1 aromatic carbocycles. The Morgan fingerprint density at radius 3 is 2.48 bits per heavy atom. The zero-order valence-corrected chi connectivity index (χ0v) is 12.6. The van der Waals surface area contributed by atoms with Gasteiger partial charge < -0.3 is 5.32 Å². The van der Waals surface area contributed by atoms with Crippen LogP contribution in [0.25, 0.3) is 0 Å². The molecule has 0 saturated heterocycles. The van der Waals surface area contributed by atoms with Gasteiger partial charge in [-0.25, -0.2) is 13.4 Å². The Hall–Kier alpha value is -1.92. The summed E-state index contributed by atoms with van der Waals surface area (Å²) >= 11 is 5.74. The summed E-state index contributed by atoms with van der Waals surface area (Å²) in [5, 5.41) is 2.97. The van der Waals surface area contributed by atoms with Crippen molar-refractivity contribution in [2.45, 2.75) is 5.75 Å². The largest absolute Gasteiger partial charge is 0.310 e. The summed E-state index contributed by atoms with van der Waals surface area (Å²) in [6, 6.07) is 11.5. The molecule has 1 aromatic heterocycles. The van der Waals surface area contributed by atoms with Crippen LogP contribution in [0.5, 0.6) is 0 Å². The third-order valence-corrected chi connectivity index (χ3v) is 4.31. The highest BCUT2D eigenvalue weighted by molar-refractivity contribution is 7.91. The molecule has 0 spiro atoms. The highest BCUT2D eigenvalue weighted by Gasteiger charge is 2.17. The molecule has 0 atom stereocenters. The van der Waals surface area contributed by atoms with Crippen molar-refractivity contribution in [2.75, 3.05) is 11.1 Å². The quantitative estimate of drug-likeness (QED) is 0.915. The van der Waals surface area contributed by atoms with Crippen LogP contribution >= 0.6 is 11.6 Å². The van der Waals surface area contributed by atoms with Crippen molar-refractivity contribution in [1.82, 2.24) is 4.98 Å². The highest BCUT2D eigenvalue weighted by atomic mass is 35.5. The molecule has 1 heterocycles. The van der Waals surface area contributed by atoms with Crippen LogP contribution in [0.4, 0.5) is 5.82 Å². The van der Waals surface area contributed by atoms with Gasteiger partial charge in [-0.05, 0) is 29.8 Å². The number of carbonyl (C=O) groups excluding carboxylic acids is 1. The molecule has 1 amide bonds. The lowest BCUT2D eigenvalue weighted by Gasteiger charge is -2.06. The fourth-order valence-electron chi connectivity index (χ4n) is 1.70. The Morgan fingerprint density at radius 2 is 1.86 bits per heavy atom. The lowest BCUT2D eigenvalue weighted by molar-refractivity contribution is -0.113. The monoisotopic (exact) mass is 324 g/mol. The molecule has 0 radical (unpaired) electrons. The average molecular weight is 325 g/mol. The van der Waals surface area contributed by atoms with Crippen LogP contribution in [0.15, 0.2) is 48.7 Å².